The van der Waals surface area contributed by atoms with Gasteiger partial charge in [0.15, 0.2) is 0 Å². The Morgan fingerprint density at radius 2 is 1.78 bits per heavy atom. The van der Waals surface area contributed by atoms with Crippen LogP contribution in [0.2, 0.25) is 0 Å². The van der Waals surface area contributed by atoms with E-state index in [-0.39, 0.29) is 12.5 Å². The molecule has 1 fully saturated rings. The van der Waals surface area contributed by atoms with Crippen molar-refractivity contribution < 1.29 is 14.3 Å². The second-order valence-electron chi connectivity index (χ2n) is 6.67. The molecule has 0 unspecified atom stereocenters. The van der Waals surface area contributed by atoms with Gasteiger partial charge in [-0.05, 0) is 43.0 Å². The minimum Gasteiger partial charge on any atom is -0.370 e. The molecule has 0 saturated carbocycles. The first-order valence-electron chi connectivity index (χ1n) is 9.24. The summed E-state index contributed by atoms with van der Waals surface area (Å²) >= 11 is 0. The van der Waals surface area contributed by atoms with Crippen LogP contribution in [0.1, 0.15) is 35.2 Å². The van der Waals surface area contributed by atoms with E-state index in [1.54, 1.807) is 12.1 Å². The van der Waals surface area contributed by atoms with Gasteiger partial charge in [-0.25, -0.2) is 0 Å². The number of hydrogen-bond acceptors (Lipinski definition) is 4. The number of rotatable bonds is 7. The van der Waals surface area contributed by atoms with Gasteiger partial charge in [0, 0.05) is 18.7 Å². The van der Waals surface area contributed by atoms with E-state index in [0.29, 0.717) is 17.9 Å². The highest BCUT2D eigenvalue weighted by Gasteiger charge is 2.17. The highest BCUT2D eigenvalue weighted by molar-refractivity contribution is 5.99. The molecule has 3 N–H and O–H groups in total. The van der Waals surface area contributed by atoms with Crippen molar-refractivity contribution in [3.05, 3.63) is 59.7 Å². The number of nitrogens with zero attached hydrogens (tertiary/aromatic N) is 1. The molecule has 0 bridgehead atoms. The maximum atomic E-state index is 12.3. The number of ether oxygens (including phenoxy) is 1. The first kappa shape index (κ1) is 18.9. The van der Waals surface area contributed by atoms with Crippen LogP contribution in [0.4, 0.5) is 11.4 Å². The van der Waals surface area contributed by atoms with Gasteiger partial charge in [-0.3, -0.25) is 9.59 Å². The van der Waals surface area contributed by atoms with E-state index in [0.717, 1.165) is 37.2 Å². The molecule has 0 atom stereocenters. The molecular formula is C21H25N3O3. The van der Waals surface area contributed by atoms with Crippen molar-refractivity contribution in [3.8, 4) is 0 Å². The van der Waals surface area contributed by atoms with Crippen molar-refractivity contribution in [1.29, 1.82) is 0 Å². The summed E-state index contributed by atoms with van der Waals surface area (Å²) in [4.78, 5) is 26.1. The molecule has 0 aromatic heterocycles. The predicted molar refractivity (Wildman–Crippen MR) is 106 cm³/mol. The summed E-state index contributed by atoms with van der Waals surface area (Å²) in [7, 11) is 0. The monoisotopic (exact) mass is 367 g/mol. The molecular weight excluding hydrogens is 342 g/mol. The third kappa shape index (κ3) is 5.31. The van der Waals surface area contributed by atoms with Crippen molar-refractivity contribution in [3.63, 3.8) is 0 Å². The SMILES string of the molecule is NC(=O)c1ccc(N2CCCCC2)c(NC(=O)COCc2ccccc2)c1. The molecule has 1 saturated heterocycles. The predicted octanol–water partition coefficient (Wildman–Crippen LogP) is 2.93. The number of nitrogens with two attached hydrogens (primary N) is 1. The standard InChI is InChI=1S/C21H25N3O3/c22-21(26)17-9-10-19(24-11-5-2-6-12-24)18(13-17)23-20(25)15-27-14-16-7-3-1-4-8-16/h1,3-4,7-10,13H,2,5-6,11-12,14-15H2,(H2,22,26)(H,23,25). The van der Waals surface area contributed by atoms with Gasteiger partial charge in [-0.15, -0.1) is 0 Å². The van der Waals surface area contributed by atoms with Gasteiger partial charge in [-0.1, -0.05) is 30.3 Å². The third-order valence-corrected chi connectivity index (χ3v) is 4.60. The Balaban J connectivity index is 1.66. The number of carbonyl (C=O) groups is 2. The van der Waals surface area contributed by atoms with Crippen LogP contribution in [0.5, 0.6) is 0 Å². The van der Waals surface area contributed by atoms with E-state index in [4.69, 9.17) is 10.5 Å². The van der Waals surface area contributed by atoms with Crippen LogP contribution >= 0.6 is 0 Å². The molecule has 142 valence electrons. The minimum absolute atomic E-state index is 0.0604. The van der Waals surface area contributed by atoms with Crippen LogP contribution in [0, 0.1) is 0 Å². The van der Waals surface area contributed by atoms with Crippen LogP contribution in [0.25, 0.3) is 0 Å². The van der Waals surface area contributed by atoms with Crippen LogP contribution < -0.4 is 16.0 Å². The van der Waals surface area contributed by atoms with Crippen molar-refractivity contribution in [2.24, 2.45) is 5.73 Å². The lowest BCUT2D eigenvalue weighted by Gasteiger charge is -2.30. The van der Waals surface area contributed by atoms with Gasteiger partial charge >= 0.3 is 0 Å². The molecule has 3 rings (SSSR count). The van der Waals surface area contributed by atoms with Crippen molar-refractivity contribution in [1.82, 2.24) is 0 Å². The number of amides is 2. The summed E-state index contributed by atoms with van der Waals surface area (Å²) in [6.07, 6.45) is 3.45. The molecule has 1 aliphatic heterocycles. The third-order valence-electron chi connectivity index (χ3n) is 4.60. The van der Waals surface area contributed by atoms with Gasteiger partial charge in [0.05, 0.1) is 18.0 Å². The van der Waals surface area contributed by atoms with E-state index in [9.17, 15) is 9.59 Å². The molecule has 27 heavy (non-hydrogen) atoms. The molecule has 2 amide bonds. The number of hydrogen-bond donors (Lipinski definition) is 2. The topological polar surface area (TPSA) is 84.7 Å². The summed E-state index contributed by atoms with van der Waals surface area (Å²) in [5, 5.41) is 2.88. The Labute approximate surface area is 159 Å². The second-order valence-corrected chi connectivity index (χ2v) is 6.67. The highest BCUT2D eigenvalue weighted by Crippen LogP contribution is 2.29. The molecule has 1 heterocycles. The number of primary amides is 1. The summed E-state index contributed by atoms with van der Waals surface area (Å²) in [5.74, 6) is -0.776. The highest BCUT2D eigenvalue weighted by atomic mass is 16.5. The Morgan fingerprint density at radius 1 is 1.04 bits per heavy atom. The minimum atomic E-state index is -0.518. The quantitative estimate of drug-likeness (QED) is 0.788. The maximum absolute atomic E-state index is 12.3. The zero-order valence-corrected chi connectivity index (χ0v) is 15.3. The molecule has 1 aliphatic rings. The molecule has 2 aromatic rings. The molecule has 2 aromatic carbocycles. The summed E-state index contributed by atoms with van der Waals surface area (Å²) < 4.78 is 5.50. The van der Waals surface area contributed by atoms with Crippen LogP contribution in [0.15, 0.2) is 48.5 Å². The summed E-state index contributed by atoms with van der Waals surface area (Å²) in [6.45, 7) is 2.18. The Morgan fingerprint density at radius 3 is 2.48 bits per heavy atom. The largest absolute Gasteiger partial charge is 0.370 e. The smallest absolute Gasteiger partial charge is 0.250 e. The average molecular weight is 367 g/mol. The van der Waals surface area contributed by atoms with Gasteiger partial charge in [-0.2, -0.15) is 0 Å². The van der Waals surface area contributed by atoms with E-state index in [1.165, 1.54) is 6.42 Å². The number of nitrogens with one attached hydrogen (secondary N) is 1. The van der Waals surface area contributed by atoms with Crippen molar-refractivity contribution >= 4 is 23.2 Å². The van der Waals surface area contributed by atoms with Crippen molar-refractivity contribution in [2.45, 2.75) is 25.9 Å². The lowest BCUT2D eigenvalue weighted by atomic mass is 10.1. The second kappa shape index (κ2) is 9.19. The molecule has 6 nitrogen and oxygen atoms in total. The van der Waals surface area contributed by atoms with Gasteiger partial charge < -0.3 is 20.7 Å². The zero-order valence-electron chi connectivity index (χ0n) is 15.3. The average Bonchev–Trinajstić information content (AvgIpc) is 2.69. The fraction of sp³-hybridized carbons (Fsp3) is 0.333. The molecule has 6 heteroatoms. The van der Waals surface area contributed by atoms with Crippen LogP contribution in [0.3, 0.4) is 0 Å². The molecule has 0 spiro atoms. The van der Waals surface area contributed by atoms with E-state index in [2.05, 4.69) is 10.2 Å². The van der Waals surface area contributed by atoms with Crippen LogP contribution in [-0.2, 0) is 16.1 Å². The first-order chi connectivity index (χ1) is 13.1. The van der Waals surface area contributed by atoms with E-state index in [1.807, 2.05) is 36.4 Å². The van der Waals surface area contributed by atoms with E-state index < -0.39 is 5.91 Å². The van der Waals surface area contributed by atoms with Crippen molar-refractivity contribution in [2.75, 3.05) is 29.9 Å². The number of piperidine rings is 1. The van der Waals surface area contributed by atoms with Crippen LogP contribution in [-0.4, -0.2) is 31.5 Å². The number of benzene rings is 2. The van der Waals surface area contributed by atoms with E-state index >= 15 is 0 Å². The summed E-state index contributed by atoms with van der Waals surface area (Å²) in [5.41, 5.74) is 8.29. The lowest BCUT2D eigenvalue weighted by Crippen LogP contribution is -2.31. The lowest BCUT2D eigenvalue weighted by molar-refractivity contribution is -0.121. The molecule has 0 aliphatic carbocycles. The Bertz CT molecular complexity index is 787. The van der Waals surface area contributed by atoms with Gasteiger partial charge in [0.25, 0.3) is 0 Å². The van der Waals surface area contributed by atoms with Gasteiger partial charge in [0.2, 0.25) is 11.8 Å². The zero-order chi connectivity index (χ0) is 19.1. The normalized spacial score (nSPS) is 14.0. The Kier molecular flexibility index (Phi) is 6.44. The molecule has 0 radical (unpaired) electrons. The Hall–Kier alpha value is -2.86. The maximum Gasteiger partial charge on any atom is 0.250 e. The summed E-state index contributed by atoms with van der Waals surface area (Å²) in [6, 6.07) is 14.9. The fourth-order valence-corrected chi connectivity index (χ4v) is 3.22. The number of carbonyl (C=O) groups excluding carboxylic acids is 2. The fourth-order valence-electron chi connectivity index (χ4n) is 3.22. The first-order valence-corrected chi connectivity index (χ1v) is 9.24. The van der Waals surface area contributed by atoms with Gasteiger partial charge in [0.1, 0.15) is 6.61 Å². The number of anilines is 2.